The summed E-state index contributed by atoms with van der Waals surface area (Å²) in [4.78, 5) is 26.9. The molecule has 140 valence electrons. The third-order valence-electron chi connectivity index (χ3n) is 4.69. The van der Waals surface area contributed by atoms with Crippen molar-refractivity contribution in [1.29, 1.82) is 0 Å². The van der Waals surface area contributed by atoms with Gasteiger partial charge in [-0.15, -0.1) is 0 Å². The highest BCUT2D eigenvalue weighted by Crippen LogP contribution is 2.44. The maximum atomic E-state index is 12.9. The highest BCUT2D eigenvalue weighted by molar-refractivity contribution is 6.51. The van der Waals surface area contributed by atoms with E-state index in [4.69, 9.17) is 4.42 Å². The molecule has 1 aliphatic heterocycles. The standard InChI is InChI=1S/C22H17NO5/c1-13-9-10-16(24)15(12-13)23-19(17-8-5-11-28-17)18(21(26)22(23)27)20(25)14-6-3-2-4-7-14/h2-12,19,24-25H,1H3/b20-18-. The molecule has 1 aliphatic rings. The number of carbonyl (C=O) groups is 2. The summed E-state index contributed by atoms with van der Waals surface area (Å²) >= 11 is 0. The number of carbonyl (C=O) groups excluding carboxylic acids is 2. The minimum absolute atomic E-state index is 0.0907. The monoisotopic (exact) mass is 375 g/mol. The summed E-state index contributed by atoms with van der Waals surface area (Å²) in [7, 11) is 0. The third kappa shape index (κ3) is 2.75. The number of phenols is 1. The molecule has 1 unspecified atom stereocenters. The van der Waals surface area contributed by atoms with Gasteiger partial charge in [-0.2, -0.15) is 0 Å². The summed E-state index contributed by atoms with van der Waals surface area (Å²) in [6, 6.07) is 15.5. The fourth-order valence-electron chi connectivity index (χ4n) is 3.37. The van der Waals surface area contributed by atoms with Gasteiger partial charge in [0.2, 0.25) is 0 Å². The number of hydrogen-bond donors (Lipinski definition) is 2. The Morgan fingerprint density at radius 3 is 2.46 bits per heavy atom. The number of aryl methyl sites for hydroxylation is 1. The Labute approximate surface area is 161 Å². The molecule has 0 radical (unpaired) electrons. The molecule has 6 nitrogen and oxygen atoms in total. The van der Waals surface area contributed by atoms with Crippen LogP contribution in [0, 0.1) is 6.92 Å². The fourth-order valence-corrected chi connectivity index (χ4v) is 3.37. The number of Topliss-reactive ketones (excluding diaryl/α,β-unsaturated/α-hetero) is 1. The van der Waals surface area contributed by atoms with E-state index < -0.39 is 17.7 Å². The highest BCUT2D eigenvalue weighted by atomic mass is 16.3. The number of ketones is 1. The Hall–Kier alpha value is -3.80. The van der Waals surface area contributed by atoms with Gasteiger partial charge in [-0.1, -0.05) is 36.4 Å². The number of nitrogens with zero attached hydrogens (tertiary/aromatic N) is 1. The van der Waals surface area contributed by atoms with Crippen molar-refractivity contribution in [2.75, 3.05) is 4.90 Å². The summed E-state index contributed by atoms with van der Waals surface area (Å²) in [5, 5.41) is 21.2. The molecule has 1 atom stereocenters. The Balaban J connectivity index is 1.97. The van der Waals surface area contributed by atoms with Crippen LogP contribution in [0.3, 0.4) is 0 Å². The number of aliphatic hydroxyl groups excluding tert-OH is 1. The average molecular weight is 375 g/mol. The summed E-state index contributed by atoms with van der Waals surface area (Å²) < 4.78 is 5.48. The molecule has 2 aromatic carbocycles. The number of hydrogen-bond acceptors (Lipinski definition) is 5. The molecule has 0 saturated carbocycles. The molecule has 1 fully saturated rings. The van der Waals surface area contributed by atoms with E-state index in [1.165, 1.54) is 12.3 Å². The smallest absolute Gasteiger partial charge is 0.300 e. The van der Waals surface area contributed by atoms with Crippen molar-refractivity contribution in [1.82, 2.24) is 0 Å². The number of anilines is 1. The quantitative estimate of drug-likeness (QED) is 0.411. The maximum Gasteiger partial charge on any atom is 0.300 e. The van der Waals surface area contributed by atoms with Crippen molar-refractivity contribution in [3.63, 3.8) is 0 Å². The van der Waals surface area contributed by atoms with Gasteiger partial charge in [-0.25, -0.2) is 0 Å². The van der Waals surface area contributed by atoms with E-state index in [9.17, 15) is 19.8 Å². The molecule has 1 amide bonds. The molecule has 2 heterocycles. The minimum atomic E-state index is -0.997. The molecule has 1 aromatic heterocycles. The zero-order chi connectivity index (χ0) is 19.8. The largest absolute Gasteiger partial charge is 0.507 e. The van der Waals surface area contributed by atoms with Gasteiger partial charge in [0.05, 0.1) is 17.5 Å². The van der Waals surface area contributed by atoms with Gasteiger partial charge in [0.1, 0.15) is 23.3 Å². The predicted molar refractivity (Wildman–Crippen MR) is 103 cm³/mol. The lowest BCUT2D eigenvalue weighted by molar-refractivity contribution is -0.132. The first-order chi connectivity index (χ1) is 13.5. The van der Waals surface area contributed by atoms with E-state index in [0.717, 1.165) is 10.5 Å². The van der Waals surface area contributed by atoms with Crippen molar-refractivity contribution < 1.29 is 24.2 Å². The zero-order valence-corrected chi connectivity index (χ0v) is 15.0. The van der Waals surface area contributed by atoms with Gasteiger partial charge in [-0.3, -0.25) is 14.5 Å². The van der Waals surface area contributed by atoms with Crippen molar-refractivity contribution in [2.24, 2.45) is 0 Å². The van der Waals surface area contributed by atoms with Crippen molar-refractivity contribution in [3.05, 3.63) is 89.4 Å². The van der Waals surface area contributed by atoms with Crippen LogP contribution in [-0.4, -0.2) is 21.9 Å². The van der Waals surface area contributed by atoms with Gasteiger partial charge < -0.3 is 14.6 Å². The normalized spacial score (nSPS) is 18.6. The van der Waals surface area contributed by atoms with E-state index >= 15 is 0 Å². The van der Waals surface area contributed by atoms with E-state index in [0.29, 0.717) is 11.3 Å². The lowest BCUT2D eigenvalue weighted by atomic mass is 9.99. The number of rotatable bonds is 3. The van der Waals surface area contributed by atoms with Gasteiger partial charge in [0.25, 0.3) is 11.7 Å². The Bertz CT molecular complexity index is 1080. The first-order valence-electron chi connectivity index (χ1n) is 8.68. The van der Waals surface area contributed by atoms with Gasteiger partial charge in [-0.05, 0) is 36.8 Å². The van der Waals surface area contributed by atoms with Crippen molar-refractivity contribution >= 4 is 23.1 Å². The van der Waals surface area contributed by atoms with Crippen LogP contribution in [0.15, 0.2) is 76.9 Å². The molecule has 2 N–H and O–H groups in total. The van der Waals surface area contributed by atoms with Crippen LogP contribution < -0.4 is 4.90 Å². The Morgan fingerprint density at radius 2 is 1.79 bits per heavy atom. The Morgan fingerprint density at radius 1 is 1.04 bits per heavy atom. The summed E-state index contributed by atoms with van der Waals surface area (Å²) in [5.41, 5.74) is 1.30. The maximum absolute atomic E-state index is 12.9. The lowest BCUT2D eigenvalue weighted by Crippen LogP contribution is -2.29. The molecular formula is C22H17NO5. The molecule has 28 heavy (non-hydrogen) atoms. The number of phenolic OH excluding ortho intramolecular Hbond substituents is 1. The summed E-state index contributed by atoms with van der Waals surface area (Å²) in [5.74, 6) is -1.83. The van der Waals surface area contributed by atoms with Crippen LogP contribution >= 0.6 is 0 Å². The van der Waals surface area contributed by atoms with E-state index in [-0.39, 0.29) is 22.8 Å². The highest BCUT2D eigenvalue weighted by Gasteiger charge is 2.49. The van der Waals surface area contributed by atoms with Crippen LogP contribution in [0.5, 0.6) is 5.75 Å². The predicted octanol–water partition coefficient (Wildman–Crippen LogP) is 3.92. The van der Waals surface area contributed by atoms with Crippen molar-refractivity contribution in [2.45, 2.75) is 13.0 Å². The molecule has 0 bridgehead atoms. The lowest BCUT2D eigenvalue weighted by Gasteiger charge is -2.24. The number of aliphatic hydroxyl groups is 1. The average Bonchev–Trinajstić information content (AvgIpc) is 3.31. The van der Waals surface area contributed by atoms with Crippen LogP contribution in [0.1, 0.15) is 22.9 Å². The molecular weight excluding hydrogens is 358 g/mol. The first-order valence-corrected chi connectivity index (χ1v) is 8.68. The number of amides is 1. The van der Waals surface area contributed by atoms with Gasteiger partial charge >= 0.3 is 0 Å². The van der Waals surface area contributed by atoms with Crippen LogP contribution in [0.25, 0.3) is 5.76 Å². The zero-order valence-electron chi connectivity index (χ0n) is 15.0. The fraction of sp³-hybridized carbons (Fsp3) is 0.0909. The van der Waals surface area contributed by atoms with Crippen LogP contribution in [0.2, 0.25) is 0 Å². The summed E-state index contributed by atoms with van der Waals surface area (Å²) in [6.45, 7) is 1.81. The second kappa shape index (κ2) is 6.74. The number of benzene rings is 2. The second-order valence-electron chi connectivity index (χ2n) is 6.54. The number of aromatic hydroxyl groups is 1. The molecule has 3 aromatic rings. The molecule has 6 heteroatoms. The van der Waals surface area contributed by atoms with E-state index in [1.54, 1.807) is 54.6 Å². The van der Waals surface area contributed by atoms with Crippen LogP contribution in [0.4, 0.5) is 5.69 Å². The summed E-state index contributed by atoms with van der Waals surface area (Å²) in [6.07, 6.45) is 1.42. The van der Waals surface area contributed by atoms with E-state index in [1.807, 2.05) is 6.92 Å². The molecule has 0 aliphatic carbocycles. The first kappa shape index (κ1) is 17.6. The SMILES string of the molecule is Cc1ccc(O)c(N2C(=O)C(=O)/C(=C(\O)c3ccccc3)C2c2ccco2)c1. The van der Waals surface area contributed by atoms with Crippen LogP contribution in [-0.2, 0) is 9.59 Å². The number of furan rings is 1. The van der Waals surface area contributed by atoms with Gasteiger partial charge in [0, 0.05) is 5.56 Å². The third-order valence-corrected chi connectivity index (χ3v) is 4.69. The minimum Gasteiger partial charge on any atom is -0.507 e. The Kier molecular flexibility index (Phi) is 4.24. The van der Waals surface area contributed by atoms with Gasteiger partial charge in [0.15, 0.2) is 0 Å². The molecule has 1 saturated heterocycles. The van der Waals surface area contributed by atoms with Crippen molar-refractivity contribution in [3.8, 4) is 5.75 Å². The topological polar surface area (TPSA) is 91.0 Å². The second-order valence-corrected chi connectivity index (χ2v) is 6.54. The molecule has 0 spiro atoms. The van der Waals surface area contributed by atoms with E-state index in [2.05, 4.69) is 0 Å². The molecule has 4 rings (SSSR count).